The molecule has 3 aromatic heterocycles. The fourth-order valence-corrected chi connectivity index (χ4v) is 4.17. The van der Waals surface area contributed by atoms with E-state index in [1.54, 1.807) is 36.5 Å². The summed E-state index contributed by atoms with van der Waals surface area (Å²) in [5, 5.41) is 10.3. The highest BCUT2D eigenvalue weighted by molar-refractivity contribution is 7.17. The third kappa shape index (κ3) is 3.35. The first-order valence-electron chi connectivity index (χ1n) is 8.46. The SMILES string of the molecule is NC(=O)c1sc(-c2cnc3ccccn23)cc1O[C@H](CO)c1ccccc1Cl. The van der Waals surface area contributed by atoms with Crippen molar-refractivity contribution in [1.82, 2.24) is 9.38 Å². The van der Waals surface area contributed by atoms with E-state index in [4.69, 9.17) is 22.1 Å². The topological polar surface area (TPSA) is 89.9 Å². The highest BCUT2D eigenvalue weighted by atomic mass is 35.5. The van der Waals surface area contributed by atoms with Gasteiger partial charge in [0.05, 0.1) is 23.4 Å². The lowest BCUT2D eigenvalue weighted by Crippen LogP contribution is -2.15. The number of hydrogen-bond donors (Lipinski definition) is 2. The third-order valence-electron chi connectivity index (χ3n) is 4.28. The van der Waals surface area contributed by atoms with Gasteiger partial charge in [-0.2, -0.15) is 0 Å². The molecule has 28 heavy (non-hydrogen) atoms. The maximum Gasteiger partial charge on any atom is 0.262 e. The second-order valence-electron chi connectivity index (χ2n) is 6.05. The zero-order chi connectivity index (χ0) is 19.7. The second kappa shape index (κ2) is 7.63. The van der Waals surface area contributed by atoms with Crippen molar-refractivity contribution in [2.45, 2.75) is 6.10 Å². The number of fused-ring (bicyclic) bond motifs is 1. The number of aliphatic hydroxyl groups is 1. The van der Waals surface area contributed by atoms with Crippen LogP contribution in [-0.4, -0.2) is 27.0 Å². The molecule has 8 heteroatoms. The molecule has 0 saturated heterocycles. The van der Waals surface area contributed by atoms with Crippen LogP contribution in [0.1, 0.15) is 21.3 Å². The standard InChI is InChI=1S/C20H16ClN3O3S/c21-13-6-2-1-5-12(13)16(11-25)27-15-9-17(28-19(15)20(22)26)14-10-23-18-7-3-4-8-24(14)18/h1-10,16,25H,11H2,(H2,22,26)/t16-/m1/s1. The Labute approximate surface area is 169 Å². The Kier molecular flexibility index (Phi) is 5.04. The lowest BCUT2D eigenvalue weighted by atomic mass is 10.1. The summed E-state index contributed by atoms with van der Waals surface area (Å²) in [4.78, 5) is 17.4. The Morgan fingerprint density at radius 2 is 2.07 bits per heavy atom. The molecule has 4 aromatic rings. The Hall–Kier alpha value is -2.87. The summed E-state index contributed by atoms with van der Waals surface area (Å²) in [5.41, 5.74) is 7.80. The predicted octanol–water partition coefficient (Wildman–Crippen LogP) is 3.93. The Bertz CT molecular complexity index is 1150. The number of benzene rings is 1. The van der Waals surface area contributed by atoms with Crippen LogP contribution < -0.4 is 10.5 Å². The molecule has 0 fully saturated rings. The van der Waals surface area contributed by atoms with Gasteiger partial charge >= 0.3 is 0 Å². The molecule has 0 aliphatic rings. The molecule has 1 atom stereocenters. The average Bonchev–Trinajstić information content (AvgIpc) is 3.30. The number of thiophene rings is 1. The van der Waals surface area contributed by atoms with Gasteiger partial charge in [0.25, 0.3) is 5.91 Å². The van der Waals surface area contributed by atoms with Gasteiger partial charge < -0.3 is 15.6 Å². The number of hydrogen-bond acceptors (Lipinski definition) is 5. The van der Waals surface area contributed by atoms with Gasteiger partial charge in [-0.05, 0) is 18.2 Å². The van der Waals surface area contributed by atoms with Gasteiger partial charge in [-0.3, -0.25) is 9.20 Å². The molecule has 0 aliphatic carbocycles. The number of nitrogens with zero attached hydrogens (tertiary/aromatic N) is 2. The molecule has 4 rings (SSSR count). The summed E-state index contributed by atoms with van der Waals surface area (Å²) in [7, 11) is 0. The summed E-state index contributed by atoms with van der Waals surface area (Å²) in [6, 6.07) is 14.5. The van der Waals surface area contributed by atoms with Crippen LogP contribution in [0.4, 0.5) is 0 Å². The number of pyridine rings is 1. The van der Waals surface area contributed by atoms with E-state index in [1.807, 2.05) is 28.8 Å². The van der Waals surface area contributed by atoms with Gasteiger partial charge in [-0.25, -0.2) is 4.98 Å². The minimum atomic E-state index is -0.726. The fraction of sp³-hybridized carbons (Fsp3) is 0.100. The third-order valence-corrected chi connectivity index (χ3v) is 5.78. The normalized spacial score (nSPS) is 12.2. The van der Waals surface area contributed by atoms with Crippen molar-refractivity contribution in [2.75, 3.05) is 6.61 Å². The van der Waals surface area contributed by atoms with Crippen molar-refractivity contribution < 1.29 is 14.6 Å². The van der Waals surface area contributed by atoms with E-state index < -0.39 is 12.0 Å². The highest BCUT2D eigenvalue weighted by Crippen LogP contribution is 2.39. The molecular weight excluding hydrogens is 398 g/mol. The summed E-state index contributed by atoms with van der Waals surface area (Å²) < 4.78 is 7.87. The van der Waals surface area contributed by atoms with Crippen LogP contribution in [0.5, 0.6) is 5.75 Å². The number of aliphatic hydroxyl groups excluding tert-OH is 1. The molecule has 0 spiro atoms. The van der Waals surface area contributed by atoms with Crippen molar-refractivity contribution in [3.05, 3.63) is 76.4 Å². The number of carbonyl (C=O) groups is 1. The van der Waals surface area contributed by atoms with Crippen molar-refractivity contribution in [1.29, 1.82) is 0 Å². The van der Waals surface area contributed by atoms with Crippen LogP contribution >= 0.6 is 22.9 Å². The van der Waals surface area contributed by atoms with Gasteiger partial charge in [0.1, 0.15) is 22.4 Å². The first-order chi connectivity index (χ1) is 13.6. The number of rotatable bonds is 6. The number of imidazole rings is 1. The number of carbonyl (C=O) groups excluding carboxylic acids is 1. The van der Waals surface area contributed by atoms with Crippen LogP contribution in [0.25, 0.3) is 16.2 Å². The first-order valence-corrected chi connectivity index (χ1v) is 9.66. The van der Waals surface area contributed by atoms with Crippen molar-refractivity contribution in [3.63, 3.8) is 0 Å². The number of halogens is 1. The zero-order valence-electron chi connectivity index (χ0n) is 14.6. The Morgan fingerprint density at radius 1 is 1.29 bits per heavy atom. The largest absolute Gasteiger partial charge is 0.482 e. The number of primary amides is 1. The van der Waals surface area contributed by atoms with E-state index >= 15 is 0 Å². The number of aromatic nitrogens is 2. The summed E-state index contributed by atoms with van der Waals surface area (Å²) in [5.74, 6) is -0.298. The Morgan fingerprint density at radius 3 is 2.82 bits per heavy atom. The molecule has 1 amide bonds. The molecule has 0 saturated carbocycles. The van der Waals surface area contributed by atoms with E-state index in [0.29, 0.717) is 16.3 Å². The molecule has 142 valence electrons. The minimum Gasteiger partial charge on any atom is -0.482 e. The van der Waals surface area contributed by atoms with Crippen LogP contribution in [-0.2, 0) is 0 Å². The molecular formula is C20H16ClN3O3S. The highest BCUT2D eigenvalue weighted by Gasteiger charge is 2.23. The van der Waals surface area contributed by atoms with Crippen molar-refractivity contribution in [2.24, 2.45) is 5.73 Å². The van der Waals surface area contributed by atoms with Crippen LogP contribution in [0.15, 0.2) is 60.9 Å². The van der Waals surface area contributed by atoms with Crippen LogP contribution in [0.3, 0.4) is 0 Å². The maximum atomic E-state index is 12.0. The van der Waals surface area contributed by atoms with E-state index in [2.05, 4.69) is 4.98 Å². The number of ether oxygens (including phenoxy) is 1. The average molecular weight is 414 g/mol. The number of nitrogens with two attached hydrogens (primary N) is 1. The fourth-order valence-electron chi connectivity index (χ4n) is 2.96. The Balaban J connectivity index is 1.75. The quantitative estimate of drug-likeness (QED) is 0.501. The van der Waals surface area contributed by atoms with E-state index in [0.717, 1.165) is 16.2 Å². The van der Waals surface area contributed by atoms with Gasteiger partial charge in [-0.15, -0.1) is 11.3 Å². The van der Waals surface area contributed by atoms with Gasteiger partial charge in [0, 0.05) is 22.8 Å². The predicted molar refractivity (Wildman–Crippen MR) is 109 cm³/mol. The summed E-state index contributed by atoms with van der Waals surface area (Å²) in [6.07, 6.45) is 2.89. The minimum absolute atomic E-state index is 0.270. The van der Waals surface area contributed by atoms with Gasteiger partial charge in [0.15, 0.2) is 0 Å². The first kappa shape index (κ1) is 18.5. The van der Waals surface area contributed by atoms with E-state index in [1.165, 1.54) is 11.3 Å². The molecule has 0 radical (unpaired) electrons. The van der Waals surface area contributed by atoms with E-state index in [-0.39, 0.29) is 11.5 Å². The maximum absolute atomic E-state index is 12.0. The summed E-state index contributed by atoms with van der Waals surface area (Å²) >= 11 is 7.44. The van der Waals surface area contributed by atoms with Crippen LogP contribution in [0.2, 0.25) is 5.02 Å². The smallest absolute Gasteiger partial charge is 0.262 e. The molecule has 0 aliphatic heterocycles. The lowest BCUT2D eigenvalue weighted by Gasteiger charge is -2.18. The van der Waals surface area contributed by atoms with Gasteiger partial charge in [0.2, 0.25) is 0 Å². The second-order valence-corrected chi connectivity index (χ2v) is 7.51. The monoisotopic (exact) mass is 413 g/mol. The molecule has 0 bridgehead atoms. The summed E-state index contributed by atoms with van der Waals surface area (Å²) in [6.45, 7) is -0.303. The van der Waals surface area contributed by atoms with Crippen LogP contribution in [0, 0.1) is 0 Å². The van der Waals surface area contributed by atoms with Gasteiger partial charge in [-0.1, -0.05) is 35.9 Å². The molecule has 0 unspecified atom stereocenters. The van der Waals surface area contributed by atoms with E-state index in [9.17, 15) is 9.90 Å². The molecule has 6 nitrogen and oxygen atoms in total. The molecule has 3 heterocycles. The molecule has 3 N–H and O–H groups in total. The zero-order valence-corrected chi connectivity index (χ0v) is 16.2. The van der Waals surface area contributed by atoms with Crippen molar-refractivity contribution >= 4 is 34.5 Å². The van der Waals surface area contributed by atoms with Crippen molar-refractivity contribution in [3.8, 4) is 16.3 Å². The molecule has 1 aromatic carbocycles. The lowest BCUT2D eigenvalue weighted by molar-refractivity contribution is 0.0976. The number of amides is 1.